The van der Waals surface area contributed by atoms with Crippen molar-refractivity contribution in [3.8, 4) is 0 Å². The van der Waals surface area contributed by atoms with Crippen LogP contribution < -0.4 is 5.32 Å². The van der Waals surface area contributed by atoms with Gasteiger partial charge in [-0.1, -0.05) is 18.2 Å². The van der Waals surface area contributed by atoms with Gasteiger partial charge in [-0.25, -0.2) is 0 Å². The highest BCUT2D eigenvalue weighted by Crippen LogP contribution is 2.15. The second-order valence-corrected chi connectivity index (χ2v) is 3.03. The fraction of sp³-hybridized carbons (Fsp3) is 0.500. The number of carbonyl (C=O) groups excluding carboxylic acids is 1. The second kappa shape index (κ2) is 4.75. The van der Waals surface area contributed by atoms with Crippen LogP contribution in [0.15, 0.2) is 24.3 Å². The zero-order valence-corrected chi connectivity index (χ0v) is 7.31. The zero-order valence-electron chi connectivity index (χ0n) is 7.31. The molecule has 0 spiro atoms. The second-order valence-electron chi connectivity index (χ2n) is 3.03. The van der Waals surface area contributed by atoms with E-state index in [4.69, 9.17) is 0 Å². The topological polar surface area (TPSA) is 29.1 Å². The molecule has 0 atom stereocenters. The molecule has 0 aromatic rings. The highest BCUT2D eigenvalue weighted by Gasteiger charge is 2.03. The summed E-state index contributed by atoms with van der Waals surface area (Å²) in [6, 6.07) is 0. The van der Waals surface area contributed by atoms with E-state index in [9.17, 15) is 4.79 Å². The smallest absolute Gasteiger partial charge is 0.243 e. The van der Waals surface area contributed by atoms with Crippen LogP contribution in [-0.4, -0.2) is 12.5 Å². The van der Waals surface area contributed by atoms with Crippen molar-refractivity contribution in [1.82, 2.24) is 5.32 Å². The van der Waals surface area contributed by atoms with E-state index in [0.29, 0.717) is 6.54 Å². The van der Waals surface area contributed by atoms with E-state index in [1.54, 1.807) is 0 Å². The first-order chi connectivity index (χ1) is 5.83. The molecule has 0 radical (unpaired) electrons. The van der Waals surface area contributed by atoms with Crippen molar-refractivity contribution < 1.29 is 4.79 Å². The lowest BCUT2D eigenvalue weighted by atomic mass is 10.00. The van der Waals surface area contributed by atoms with Gasteiger partial charge in [-0.2, -0.15) is 0 Å². The van der Waals surface area contributed by atoms with Crippen LogP contribution >= 0.6 is 0 Å². The van der Waals surface area contributed by atoms with E-state index < -0.39 is 0 Å². The molecule has 2 heteroatoms. The molecule has 0 saturated carbocycles. The maximum Gasteiger partial charge on any atom is 0.243 e. The van der Waals surface area contributed by atoms with Crippen LogP contribution in [0.1, 0.15) is 25.7 Å². The minimum Gasteiger partial charge on any atom is -0.349 e. The third-order valence-electron chi connectivity index (χ3n) is 2.06. The molecular formula is C10H15NO. The molecule has 1 aliphatic carbocycles. The van der Waals surface area contributed by atoms with Gasteiger partial charge in [0.05, 0.1) is 0 Å². The number of amides is 1. The number of hydrogen-bond donors (Lipinski definition) is 1. The summed E-state index contributed by atoms with van der Waals surface area (Å²) >= 11 is 0. The molecule has 0 heterocycles. The number of nitrogens with one attached hydrogen (secondary N) is 1. The summed E-state index contributed by atoms with van der Waals surface area (Å²) in [7, 11) is 0. The molecule has 0 aromatic carbocycles. The van der Waals surface area contributed by atoms with Gasteiger partial charge >= 0.3 is 0 Å². The standard InChI is InChI=1S/C10H15NO/c1-2-10(12)11-8-9-6-4-3-5-7-9/h2,6H,1,3-5,7-8H2,(H,11,12). The molecule has 1 amide bonds. The molecule has 0 aromatic heterocycles. The van der Waals surface area contributed by atoms with Crippen LogP contribution in [0.5, 0.6) is 0 Å². The monoisotopic (exact) mass is 165 g/mol. The van der Waals surface area contributed by atoms with Crippen LogP contribution in [-0.2, 0) is 4.79 Å². The van der Waals surface area contributed by atoms with Crippen LogP contribution in [0.2, 0.25) is 0 Å². The fourth-order valence-electron chi connectivity index (χ4n) is 1.34. The van der Waals surface area contributed by atoms with Crippen molar-refractivity contribution in [2.75, 3.05) is 6.54 Å². The quantitative estimate of drug-likeness (QED) is 0.501. The van der Waals surface area contributed by atoms with E-state index in [-0.39, 0.29) is 5.91 Å². The third-order valence-corrected chi connectivity index (χ3v) is 2.06. The van der Waals surface area contributed by atoms with Crippen molar-refractivity contribution in [3.63, 3.8) is 0 Å². The Kier molecular flexibility index (Phi) is 3.58. The van der Waals surface area contributed by atoms with Gasteiger partial charge in [0.15, 0.2) is 0 Å². The molecule has 12 heavy (non-hydrogen) atoms. The Morgan fingerprint density at radius 2 is 2.50 bits per heavy atom. The van der Waals surface area contributed by atoms with E-state index in [1.807, 2.05) is 0 Å². The predicted molar refractivity (Wildman–Crippen MR) is 49.8 cm³/mol. The van der Waals surface area contributed by atoms with Gasteiger partial charge in [-0.05, 0) is 31.8 Å². The van der Waals surface area contributed by atoms with E-state index >= 15 is 0 Å². The minimum atomic E-state index is -0.0820. The Morgan fingerprint density at radius 1 is 1.67 bits per heavy atom. The molecule has 1 rings (SSSR count). The van der Waals surface area contributed by atoms with Gasteiger partial charge in [-0.15, -0.1) is 0 Å². The van der Waals surface area contributed by atoms with Crippen LogP contribution in [0, 0.1) is 0 Å². The lowest BCUT2D eigenvalue weighted by molar-refractivity contribution is -0.116. The number of hydrogen-bond acceptors (Lipinski definition) is 1. The van der Waals surface area contributed by atoms with Crippen LogP contribution in [0.4, 0.5) is 0 Å². The van der Waals surface area contributed by atoms with E-state index in [0.717, 1.165) is 6.42 Å². The first-order valence-electron chi connectivity index (χ1n) is 4.41. The van der Waals surface area contributed by atoms with Gasteiger partial charge in [0.1, 0.15) is 0 Å². The molecule has 1 N–H and O–H groups in total. The van der Waals surface area contributed by atoms with Gasteiger partial charge in [0.2, 0.25) is 5.91 Å². The van der Waals surface area contributed by atoms with Crippen molar-refractivity contribution in [1.29, 1.82) is 0 Å². The van der Waals surface area contributed by atoms with Crippen molar-refractivity contribution in [3.05, 3.63) is 24.3 Å². The Labute approximate surface area is 73.4 Å². The average molecular weight is 165 g/mol. The summed E-state index contributed by atoms with van der Waals surface area (Å²) in [5.74, 6) is -0.0820. The Hall–Kier alpha value is -1.05. The van der Waals surface area contributed by atoms with Crippen molar-refractivity contribution in [2.24, 2.45) is 0 Å². The largest absolute Gasteiger partial charge is 0.349 e. The zero-order chi connectivity index (χ0) is 8.81. The number of carbonyl (C=O) groups is 1. The lowest BCUT2D eigenvalue weighted by Gasteiger charge is -2.12. The maximum absolute atomic E-state index is 10.8. The first kappa shape index (κ1) is 9.04. The van der Waals surface area contributed by atoms with Crippen molar-refractivity contribution in [2.45, 2.75) is 25.7 Å². The SMILES string of the molecule is C=CC(=O)NCC1=CCCCC1. The molecule has 2 nitrogen and oxygen atoms in total. The van der Waals surface area contributed by atoms with Crippen LogP contribution in [0.3, 0.4) is 0 Å². The fourth-order valence-corrected chi connectivity index (χ4v) is 1.34. The average Bonchev–Trinajstić information content (AvgIpc) is 2.16. The Morgan fingerprint density at radius 3 is 3.08 bits per heavy atom. The molecule has 0 fully saturated rings. The molecule has 66 valence electrons. The highest BCUT2D eigenvalue weighted by molar-refractivity contribution is 5.86. The first-order valence-corrected chi connectivity index (χ1v) is 4.41. The number of rotatable bonds is 3. The van der Waals surface area contributed by atoms with Gasteiger partial charge in [-0.3, -0.25) is 4.79 Å². The van der Waals surface area contributed by atoms with Gasteiger partial charge in [0, 0.05) is 6.54 Å². The molecule has 0 unspecified atom stereocenters. The maximum atomic E-state index is 10.8. The molecule has 0 bridgehead atoms. The third kappa shape index (κ3) is 2.91. The predicted octanol–water partition coefficient (Wildman–Crippen LogP) is 1.79. The summed E-state index contributed by atoms with van der Waals surface area (Å²) in [6.07, 6.45) is 8.39. The molecule has 0 aliphatic heterocycles. The summed E-state index contributed by atoms with van der Waals surface area (Å²) in [5, 5.41) is 2.78. The summed E-state index contributed by atoms with van der Waals surface area (Å²) in [5.41, 5.74) is 1.36. The minimum absolute atomic E-state index is 0.0820. The summed E-state index contributed by atoms with van der Waals surface area (Å²) in [4.78, 5) is 10.8. The highest BCUT2D eigenvalue weighted by atomic mass is 16.1. The van der Waals surface area contributed by atoms with Crippen molar-refractivity contribution >= 4 is 5.91 Å². The Bertz CT molecular complexity index is 206. The lowest BCUT2D eigenvalue weighted by Crippen LogP contribution is -2.23. The molecule has 0 saturated heterocycles. The summed E-state index contributed by atoms with van der Waals surface area (Å²) < 4.78 is 0. The van der Waals surface area contributed by atoms with E-state index in [2.05, 4.69) is 18.0 Å². The van der Waals surface area contributed by atoms with Crippen LogP contribution in [0.25, 0.3) is 0 Å². The summed E-state index contributed by atoms with van der Waals surface area (Å²) in [6.45, 7) is 4.09. The van der Waals surface area contributed by atoms with Gasteiger partial charge < -0.3 is 5.32 Å². The van der Waals surface area contributed by atoms with E-state index in [1.165, 1.54) is 30.9 Å². The van der Waals surface area contributed by atoms with Gasteiger partial charge in [0.25, 0.3) is 0 Å². The molecular weight excluding hydrogens is 150 g/mol. The number of allylic oxidation sites excluding steroid dienone is 1. The Balaban J connectivity index is 2.26. The normalized spacial score (nSPS) is 16.5. The molecule has 1 aliphatic rings.